The van der Waals surface area contributed by atoms with E-state index in [1.54, 1.807) is 12.1 Å². The Bertz CT molecular complexity index is 591. The standard InChI is InChI=1S/C17H23NO5/c1-3-13-12(4-5-16(19)20)10-15(22-2)17(21)14(13)11-18-6-8-23-9-7-18/h4-5,10,21H,3,6-9,11H2,1-2H3,(H,19,20). The summed E-state index contributed by atoms with van der Waals surface area (Å²) >= 11 is 0. The van der Waals surface area contributed by atoms with Gasteiger partial charge >= 0.3 is 5.97 Å². The third-order valence-corrected chi connectivity index (χ3v) is 3.98. The monoisotopic (exact) mass is 321 g/mol. The predicted molar refractivity (Wildman–Crippen MR) is 86.8 cm³/mol. The number of nitrogens with zero attached hydrogens (tertiary/aromatic N) is 1. The molecule has 0 atom stereocenters. The second-order valence-corrected chi connectivity index (χ2v) is 5.39. The number of carbonyl (C=O) groups is 1. The molecule has 1 aromatic carbocycles. The van der Waals surface area contributed by atoms with Gasteiger partial charge < -0.3 is 19.7 Å². The molecule has 23 heavy (non-hydrogen) atoms. The van der Waals surface area contributed by atoms with Crippen molar-refractivity contribution in [2.24, 2.45) is 0 Å². The summed E-state index contributed by atoms with van der Waals surface area (Å²) in [5.74, 6) is -0.521. The van der Waals surface area contributed by atoms with Gasteiger partial charge in [0.2, 0.25) is 0 Å². The number of rotatable bonds is 6. The van der Waals surface area contributed by atoms with Crippen LogP contribution in [-0.4, -0.2) is 54.5 Å². The van der Waals surface area contributed by atoms with Gasteiger partial charge in [0.05, 0.1) is 20.3 Å². The molecule has 1 aromatic rings. The molecule has 0 radical (unpaired) electrons. The molecule has 0 spiro atoms. The molecule has 1 fully saturated rings. The van der Waals surface area contributed by atoms with Crippen LogP contribution in [0.25, 0.3) is 6.08 Å². The fourth-order valence-electron chi connectivity index (χ4n) is 2.80. The highest BCUT2D eigenvalue weighted by molar-refractivity contribution is 5.86. The second kappa shape index (κ2) is 7.99. The van der Waals surface area contributed by atoms with E-state index in [0.717, 1.165) is 35.9 Å². The average molecular weight is 321 g/mol. The molecule has 0 unspecified atom stereocenters. The Labute approximate surface area is 135 Å². The van der Waals surface area contributed by atoms with E-state index in [2.05, 4.69) is 4.90 Å². The van der Waals surface area contributed by atoms with Crippen molar-refractivity contribution in [2.75, 3.05) is 33.4 Å². The molecule has 1 aliphatic rings. The first-order chi connectivity index (χ1) is 11.1. The maximum Gasteiger partial charge on any atom is 0.328 e. The van der Waals surface area contributed by atoms with E-state index in [-0.39, 0.29) is 5.75 Å². The summed E-state index contributed by atoms with van der Waals surface area (Å²) in [6.45, 7) is 5.54. The number of hydrogen-bond donors (Lipinski definition) is 2. The van der Waals surface area contributed by atoms with Crippen molar-refractivity contribution < 1.29 is 24.5 Å². The number of aliphatic carboxylic acids is 1. The van der Waals surface area contributed by atoms with Crippen molar-refractivity contribution in [3.63, 3.8) is 0 Å². The lowest BCUT2D eigenvalue weighted by molar-refractivity contribution is -0.131. The van der Waals surface area contributed by atoms with Crippen molar-refractivity contribution in [2.45, 2.75) is 19.9 Å². The first-order valence-electron chi connectivity index (χ1n) is 7.69. The Hall–Kier alpha value is -2.05. The SMILES string of the molecule is CCc1c(C=CC(=O)O)cc(OC)c(O)c1CN1CCOCC1. The van der Waals surface area contributed by atoms with Gasteiger partial charge in [-0.3, -0.25) is 4.90 Å². The maximum absolute atomic E-state index is 10.8. The third kappa shape index (κ3) is 4.24. The minimum absolute atomic E-state index is 0.128. The van der Waals surface area contributed by atoms with Gasteiger partial charge in [-0.15, -0.1) is 0 Å². The molecule has 1 aliphatic heterocycles. The molecule has 0 aliphatic carbocycles. The summed E-state index contributed by atoms with van der Waals surface area (Å²) in [5, 5.41) is 19.4. The highest BCUT2D eigenvalue weighted by Gasteiger charge is 2.20. The van der Waals surface area contributed by atoms with Crippen LogP contribution in [0.2, 0.25) is 0 Å². The Morgan fingerprint density at radius 3 is 2.65 bits per heavy atom. The molecule has 1 heterocycles. The van der Waals surface area contributed by atoms with Crippen LogP contribution < -0.4 is 4.74 Å². The minimum atomic E-state index is -1.01. The van der Waals surface area contributed by atoms with Gasteiger partial charge in [0.15, 0.2) is 11.5 Å². The van der Waals surface area contributed by atoms with E-state index < -0.39 is 5.97 Å². The molecule has 1 saturated heterocycles. The van der Waals surface area contributed by atoms with E-state index >= 15 is 0 Å². The molecule has 0 amide bonds. The Morgan fingerprint density at radius 1 is 1.39 bits per heavy atom. The lowest BCUT2D eigenvalue weighted by Crippen LogP contribution is -2.36. The van der Waals surface area contributed by atoms with E-state index in [1.807, 2.05) is 6.92 Å². The van der Waals surface area contributed by atoms with Gasteiger partial charge in [-0.1, -0.05) is 6.92 Å². The van der Waals surface area contributed by atoms with Crippen LogP contribution in [0, 0.1) is 0 Å². The second-order valence-electron chi connectivity index (χ2n) is 5.39. The Morgan fingerprint density at radius 2 is 2.09 bits per heavy atom. The van der Waals surface area contributed by atoms with Crippen molar-refractivity contribution in [3.05, 3.63) is 28.8 Å². The van der Waals surface area contributed by atoms with Crippen molar-refractivity contribution in [3.8, 4) is 11.5 Å². The number of ether oxygens (including phenoxy) is 2. The first-order valence-corrected chi connectivity index (χ1v) is 7.69. The highest BCUT2D eigenvalue weighted by atomic mass is 16.5. The third-order valence-electron chi connectivity index (χ3n) is 3.98. The summed E-state index contributed by atoms with van der Waals surface area (Å²) in [6.07, 6.45) is 3.34. The Kier molecular flexibility index (Phi) is 6.01. The quantitative estimate of drug-likeness (QED) is 0.779. The largest absolute Gasteiger partial charge is 0.504 e. The molecule has 126 valence electrons. The van der Waals surface area contributed by atoms with E-state index in [4.69, 9.17) is 14.6 Å². The van der Waals surface area contributed by atoms with Crippen LogP contribution in [0.15, 0.2) is 12.1 Å². The van der Waals surface area contributed by atoms with Crippen LogP contribution in [0.1, 0.15) is 23.6 Å². The van der Waals surface area contributed by atoms with E-state index in [0.29, 0.717) is 31.9 Å². The summed E-state index contributed by atoms with van der Waals surface area (Å²) in [4.78, 5) is 13.0. The average Bonchev–Trinajstić information content (AvgIpc) is 2.56. The summed E-state index contributed by atoms with van der Waals surface area (Å²) < 4.78 is 10.6. The van der Waals surface area contributed by atoms with Crippen LogP contribution in [-0.2, 0) is 22.5 Å². The van der Waals surface area contributed by atoms with Crippen molar-refractivity contribution in [1.82, 2.24) is 4.90 Å². The number of phenols is 1. The number of aromatic hydroxyl groups is 1. The molecule has 6 nitrogen and oxygen atoms in total. The molecule has 0 aromatic heterocycles. The Balaban J connectivity index is 2.43. The zero-order valence-corrected chi connectivity index (χ0v) is 13.5. The zero-order valence-electron chi connectivity index (χ0n) is 13.5. The summed E-state index contributed by atoms with van der Waals surface area (Å²) in [7, 11) is 1.49. The summed E-state index contributed by atoms with van der Waals surface area (Å²) in [6, 6.07) is 1.68. The number of morpholine rings is 1. The number of carboxylic acid groups (broad SMARTS) is 1. The lowest BCUT2D eigenvalue weighted by Gasteiger charge is -2.28. The number of hydrogen-bond acceptors (Lipinski definition) is 5. The number of carboxylic acids is 1. The number of methoxy groups -OCH3 is 1. The van der Waals surface area contributed by atoms with Crippen LogP contribution in [0.5, 0.6) is 11.5 Å². The molecular formula is C17H23NO5. The van der Waals surface area contributed by atoms with E-state index in [9.17, 15) is 9.90 Å². The summed E-state index contributed by atoms with van der Waals surface area (Å²) in [5.41, 5.74) is 2.49. The van der Waals surface area contributed by atoms with Crippen molar-refractivity contribution >= 4 is 12.0 Å². The lowest BCUT2D eigenvalue weighted by atomic mass is 9.96. The number of phenolic OH excluding ortho intramolecular Hbond substituents is 1. The van der Waals surface area contributed by atoms with Gasteiger partial charge in [-0.25, -0.2) is 4.79 Å². The maximum atomic E-state index is 10.8. The highest BCUT2D eigenvalue weighted by Crippen LogP contribution is 2.37. The van der Waals surface area contributed by atoms with Gasteiger partial charge in [0.25, 0.3) is 0 Å². The van der Waals surface area contributed by atoms with Crippen LogP contribution in [0.4, 0.5) is 0 Å². The van der Waals surface area contributed by atoms with Gasteiger partial charge in [0.1, 0.15) is 0 Å². The molecule has 0 saturated carbocycles. The fourth-order valence-corrected chi connectivity index (χ4v) is 2.80. The van der Waals surface area contributed by atoms with Crippen LogP contribution >= 0.6 is 0 Å². The molecule has 0 bridgehead atoms. The van der Waals surface area contributed by atoms with E-state index in [1.165, 1.54) is 7.11 Å². The molecule has 2 rings (SSSR count). The fraction of sp³-hybridized carbons (Fsp3) is 0.471. The number of benzene rings is 1. The smallest absolute Gasteiger partial charge is 0.328 e. The predicted octanol–water partition coefficient (Wildman–Crippen LogP) is 1.89. The zero-order chi connectivity index (χ0) is 16.8. The topological polar surface area (TPSA) is 79.2 Å². The molecule has 2 N–H and O–H groups in total. The molecular weight excluding hydrogens is 298 g/mol. The minimum Gasteiger partial charge on any atom is -0.504 e. The van der Waals surface area contributed by atoms with Gasteiger partial charge in [-0.05, 0) is 29.7 Å². The normalized spacial score (nSPS) is 15.9. The van der Waals surface area contributed by atoms with Gasteiger partial charge in [0, 0.05) is 31.3 Å². The van der Waals surface area contributed by atoms with Crippen molar-refractivity contribution in [1.29, 1.82) is 0 Å². The molecule has 6 heteroatoms. The first kappa shape index (κ1) is 17.3. The van der Waals surface area contributed by atoms with Crippen LogP contribution in [0.3, 0.4) is 0 Å². The van der Waals surface area contributed by atoms with Gasteiger partial charge in [-0.2, -0.15) is 0 Å².